The molecule has 0 saturated heterocycles. The summed E-state index contributed by atoms with van der Waals surface area (Å²) in [5, 5.41) is 14.6. The highest BCUT2D eigenvalue weighted by molar-refractivity contribution is 5.18. The Labute approximate surface area is 101 Å². The predicted octanol–water partition coefficient (Wildman–Crippen LogP) is 2.21. The molecule has 1 N–H and O–H groups in total. The molecule has 0 amide bonds. The van der Waals surface area contributed by atoms with Crippen LogP contribution in [0.4, 0.5) is 0 Å². The van der Waals surface area contributed by atoms with E-state index in [4.69, 9.17) is 0 Å². The van der Waals surface area contributed by atoms with Crippen molar-refractivity contribution in [1.29, 1.82) is 0 Å². The van der Waals surface area contributed by atoms with Gasteiger partial charge in [0.1, 0.15) is 18.8 Å². The van der Waals surface area contributed by atoms with Crippen molar-refractivity contribution in [3.8, 4) is 0 Å². The molecule has 0 aliphatic rings. The normalized spacial score (nSPS) is 14.8. The molecule has 0 spiro atoms. The monoisotopic (exact) mass is 231 g/mol. The minimum absolute atomic E-state index is 0.0973. The summed E-state index contributed by atoms with van der Waals surface area (Å²) in [4.78, 5) is 3.94. The van der Waals surface area contributed by atoms with Gasteiger partial charge in [0, 0.05) is 0 Å². The molecule has 17 heavy (non-hydrogen) atoms. The van der Waals surface area contributed by atoms with Crippen LogP contribution < -0.4 is 0 Å². The van der Waals surface area contributed by atoms with Gasteiger partial charge in [-0.25, -0.2) is 9.67 Å². The summed E-state index contributed by atoms with van der Waals surface area (Å²) in [6, 6.07) is 9.55. The third-order valence-electron chi connectivity index (χ3n) is 2.89. The molecule has 1 aromatic heterocycles. The maximum Gasteiger partial charge on any atom is 0.137 e. The zero-order valence-corrected chi connectivity index (χ0v) is 10.1. The zero-order chi connectivity index (χ0) is 12.3. The maximum atomic E-state index is 10.4. The Balaban J connectivity index is 2.29. The lowest BCUT2D eigenvalue weighted by molar-refractivity contribution is 0.0798. The number of rotatable bonds is 4. The van der Waals surface area contributed by atoms with Crippen LogP contribution in [-0.2, 0) is 0 Å². The standard InChI is InChI=1S/C13H17N3O/c1-10(2)12(16-9-14-8-15-16)13(17)11-6-4-3-5-7-11/h3-10,12-13,17H,1-2H3. The Morgan fingerprint density at radius 1 is 1.18 bits per heavy atom. The van der Waals surface area contributed by atoms with Crippen LogP contribution in [0.25, 0.3) is 0 Å². The third-order valence-corrected chi connectivity index (χ3v) is 2.89. The van der Waals surface area contributed by atoms with E-state index >= 15 is 0 Å². The molecule has 0 fully saturated rings. The van der Waals surface area contributed by atoms with Gasteiger partial charge in [0.25, 0.3) is 0 Å². The molecule has 2 aromatic rings. The Morgan fingerprint density at radius 3 is 2.41 bits per heavy atom. The Hall–Kier alpha value is -1.68. The molecule has 4 nitrogen and oxygen atoms in total. The van der Waals surface area contributed by atoms with Crippen LogP contribution in [0.15, 0.2) is 43.0 Å². The molecule has 1 aromatic carbocycles. The number of aliphatic hydroxyl groups is 1. The van der Waals surface area contributed by atoms with Crippen molar-refractivity contribution >= 4 is 0 Å². The average molecular weight is 231 g/mol. The molecule has 4 heteroatoms. The molecule has 2 atom stereocenters. The largest absolute Gasteiger partial charge is 0.386 e. The zero-order valence-electron chi connectivity index (χ0n) is 10.1. The van der Waals surface area contributed by atoms with Crippen molar-refractivity contribution in [2.75, 3.05) is 0 Å². The van der Waals surface area contributed by atoms with Gasteiger partial charge < -0.3 is 5.11 Å². The van der Waals surface area contributed by atoms with E-state index in [-0.39, 0.29) is 12.0 Å². The van der Waals surface area contributed by atoms with Crippen LogP contribution in [0.3, 0.4) is 0 Å². The van der Waals surface area contributed by atoms with Gasteiger partial charge in [-0.3, -0.25) is 0 Å². The van der Waals surface area contributed by atoms with E-state index in [1.165, 1.54) is 6.33 Å². The molecule has 1 heterocycles. The first kappa shape index (κ1) is 11.8. The summed E-state index contributed by atoms with van der Waals surface area (Å²) < 4.78 is 1.72. The smallest absolute Gasteiger partial charge is 0.137 e. The lowest BCUT2D eigenvalue weighted by Gasteiger charge is -2.26. The van der Waals surface area contributed by atoms with E-state index in [9.17, 15) is 5.11 Å². The van der Waals surface area contributed by atoms with Gasteiger partial charge in [-0.05, 0) is 11.5 Å². The van der Waals surface area contributed by atoms with E-state index in [2.05, 4.69) is 23.9 Å². The van der Waals surface area contributed by atoms with E-state index in [1.807, 2.05) is 30.3 Å². The summed E-state index contributed by atoms with van der Waals surface area (Å²) in [7, 11) is 0. The van der Waals surface area contributed by atoms with Crippen molar-refractivity contribution < 1.29 is 5.11 Å². The first-order valence-electron chi connectivity index (χ1n) is 5.77. The van der Waals surface area contributed by atoms with Crippen molar-refractivity contribution in [1.82, 2.24) is 14.8 Å². The van der Waals surface area contributed by atoms with Gasteiger partial charge in [-0.2, -0.15) is 5.10 Å². The summed E-state index contributed by atoms with van der Waals surface area (Å²) in [5.41, 5.74) is 0.904. The second kappa shape index (κ2) is 5.10. The minimum atomic E-state index is -0.571. The van der Waals surface area contributed by atoms with Crippen molar-refractivity contribution in [3.63, 3.8) is 0 Å². The van der Waals surface area contributed by atoms with E-state index in [0.29, 0.717) is 0 Å². The van der Waals surface area contributed by atoms with Gasteiger partial charge >= 0.3 is 0 Å². The summed E-state index contributed by atoms with van der Waals surface area (Å²) >= 11 is 0. The first-order valence-corrected chi connectivity index (χ1v) is 5.77. The molecular weight excluding hydrogens is 214 g/mol. The van der Waals surface area contributed by atoms with Crippen LogP contribution in [0.1, 0.15) is 31.6 Å². The van der Waals surface area contributed by atoms with Gasteiger partial charge in [0.2, 0.25) is 0 Å². The van der Waals surface area contributed by atoms with Crippen LogP contribution in [-0.4, -0.2) is 19.9 Å². The molecular formula is C13H17N3O. The predicted molar refractivity (Wildman–Crippen MR) is 65.3 cm³/mol. The van der Waals surface area contributed by atoms with Crippen LogP contribution in [0, 0.1) is 5.92 Å². The minimum Gasteiger partial charge on any atom is -0.386 e. The number of aromatic nitrogens is 3. The van der Waals surface area contributed by atoms with Crippen molar-refractivity contribution in [3.05, 3.63) is 48.5 Å². The Morgan fingerprint density at radius 2 is 1.88 bits per heavy atom. The van der Waals surface area contributed by atoms with Gasteiger partial charge in [-0.1, -0.05) is 44.2 Å². The molecule has 90 valence electrons. The average Bonchev–Trinajstić information content (AvgIpc) is 2.83. The van der Waals surface area contributed by atoms with Crippen LogP contribution in [0.2, 0.25) is 0 Å². The van der Waals surface area contributed by atoms with Crippen LogP contribution >= 0.6 is 0 Å². The number of benzene rings is 1. The Kier molecular flexibility index (Phi) is 3.54. The SMILES string of the molecule is CC(C)C(C(O)c1ccccc1)n1cncn1. The molecule has 2 unspecified atom stereocenters. The number of hydrogen-bond acceptors (Lipinski definition) is 3. The third kappa shape index (κ3) is 2.53. The lowest BCUT2D eigenvalue weighted by Crippen LogP contribution is -2.23. The fraction of sp³-hybridized carbons (Fsp3) is 0.385. The van der Waals surface area contributed by atoms with Gasteiger partial charge in [-0.15, -0.1) is 0 Å². The van der Waals surface area contributed by atoms with Crippen LogP contribution in [0.5, 0.6) is 0 Å². The fourth-order valence-corrected chi connectivity index (χ4v) is 2.03. The second-order valence-corrected chi connectivity index (χ2v) is 4.47. The molecule has 0 aliphatic carbocycles. The second-order valence-electron chi connectivity index (χ2n) is 4.47. The van der Waals surface area contributed by atoms with Crippen molar-refractivity contribution in [2.24, 2.45) is 5.92 Å². The summed E-state index contributed by atoms with van der Waals surface area (Å²) in [6.45, 7) is 4.14. The van der Waals surface area contributed by atoms with E-state index in [1.54, 1.807) is 11.0 Å². The molecule has 2 rings (SSSR count). The van der Waals surface area contributed by atoms with E-state index in [0.717, 1.165) is 5.56 Å². The lowest BCUT2D eigenvalue weighted by atomic mass is 9.93. The Bertz CT molecular complexity index is 439. The van der Waals surface area contributed by atoms with Gasteiger partial charge in [0.15, 0.2) is 0 Å². The number of aliphatic hydroxyl groups excluding tert-OH is 1. The summed E-state index contributed by atoms with van der Waals surface area (Å²) in [6.07, 6.45) is 2.57. The number of nitrogens with zero attached hydrogens (tertiary/aromatic N) is 3. The highest BCUT2D eigenvalue weighted by Crippen LogP contribution is 2.31. The molecule has 0 saturated carbocycles. The van der Waals surface area contributed by atoms with Gasteiger partial charge in [0.05, 0.1) is 6.04 Å². The summed E-state index contributed by atoms with van der Waals surface area (Å²) in [5.74, 6) is 0.270. The highest BCUT2D eigenvalue weighted by atomic mass is 16.3. The fourth-order valence-electron chi connectivity index (χ4n) is 2.03. The highest BCUT2D eigenvalue weighted by Gasteiger charge is 2.26. The quantitative estimate of drug-likeness (QED) is 0.877. The maximum absolute atomic E-state index is 10.4. The first-order chi connectivity index (χ1) is 8.20. The molecule has 0 aliphatic heterocycles. The van der Waals surface area contributed by atoms with E-state index < -0.39 is 6.10 Å². The topological polar surface area (TPSA) is 50.9 Å². The molecule has 0 bridgehead atoms. The molecule has 0 radical (unpaired) electrons. The number of hydrogen-bond donors (Lipinski definition) is 1. The van der Waals surface area contributed by atoms with Crippen molar-refractivity contribution in [2.45, 2.75) is 26.0 Å².